The molecule has 2 atom stereocenters. The first-order chi connectivity index (χ1) is 8.72. The summed E-state index contributed by atoms with van der Waals surface area (Å²) in [7, 11) is 0. The van der Waals surface area contributed by atoms with Gasteiger partial charge in [0.25, 0.3) is 0 Å². The van der Waals surface area contributed by atoms with Gasteiger partial charge in [0.2, 0.25) is 0 Å². The molecule has 0 rings (SSSR count). The first-order valence-electron chi connectivity index (χ1n) is 6.39. The molecule has 0 bridgehead atoms. The zero-order chi connectivity index (χ0) is 15.4. The summed E-state index contributed by atoms with van der Waals surface area (Å²) in [4.78, 5) is 20.2. The van der Waals surface area contributed by atoms with E-state index in [4.69, 9.17) is 27.4 Å². The number of carboxylic acids is 2. The van der Waals surface area contributed by atoms with Crippen LogP contribution in [0.25, 0.3) is 0 Å². The van der Waals surface area contributed by atoms with Gasteiger partial charge in [-0.1, -0.05) is 20.3 Å². The van der Waals surface area contributed by atoms with Crippen LogP contribution in [0.4, 0.5) is 0 Å². The Balaban J connectivity index is -0.000000277. The minimum absolute atomic E-state index is 0. The summed E-state index contributed by atoms with van der Waals surface area (Å²) in [6, 6.07) is -1.41. The second-order valence-corrected chi connectivity index (χ2v) is 4.80. The van der Waals surface area contributed by atoms with Crippen molar-refractivity contribution in [1.82, 2.24) is 0 Å². The molecule has 0 aliphatic heterocycles. The number of carbonyl (C=O) groups is 2. The van der Waals surface area contributed by atoms with Gasteiger partial charge in [-0.25, -0.2) is 0 Å². The molecular formula is C12H28ClN3O4. The summed E-state index contributed by atoms with van der Waals surface area (Å²) in [5, 5.41) is 16.6. The second kappa shape index (κ2) is 14.5. The number of nitrogens with two attached hydrogens (primary N) is 3. The number of halogens is 1. The summed E-state index contributed by atoms with van der Waals surface area (Å²) in [6.45, 7) is 4.50. The predicted octanol–water partition coefficient (Wildman–Crippen LogP) is 0.394. The van der Waals surface area contributed by atoms with Crippen LogP contribution < -0.4 is 17.2 Å². The van der Waals surface area contributed by atoms with E-state index in [9.17, 15) is 9.59 Å². The molecule has 0 radical (unpaired) electrons. The van der Waals surface area contributed by atoms with E-state index in [2.05, 4.69) is 0 Å². The van der Waals surface area contributed by atoms with E-state index in [1.165, 1.54) is 0 Å². The molecule has 0 aromatic heterocycles. The largest absolute Gasteiger partial charge is 0.480 e. The molecule has 7 nitrogen and oxygen atoms in total. The van der Waals surface area contributed by atoms with Crippen molar-refractivity contribution < 1.29 is 19.8 Å². The molecule has 0 saturated heterocycles. The Morgan fingerprint density at radius 1 is 1.00 bits per heavy atom. The molecule has 2 unspecified atom stereocenters. The van der Waals surface area contributed by atoms with Gasteiger partial charge in [-0.2, -0.15) is 0 Å². The van der Waals surface area contributed by atoms with E-state index in [-0.39, 0.29) is 12.4 Å². The Hall–Kier alpha value is -0.890. The minimum Gasteiger partial charge on any atom is -0.480 e. The van der Waals surface area contributed by atoms with E-state index < -0.39 is 24.0 Å². The Morgan fingerprint density at radius 2 is 1.45 bits per heavy atom. The Morgan fingerprint density at radius 3 is 1.70 bits per heavy atom. The fourth-order valence-electron chi connectivity index (χ4n) is 1.24. The lowest BCUT2D eigenvalue weighted by Gasteiger charge is -2.07. The van der Waals surface area contributed by atoms with Crippen molar-refractivity contribution in [3.8, 4) is 0 Å². The molecule has 20 heavy (non-hydrogen) atoms. The summed E-state index contributed by atoms with van der Waals surface area (Å²) >= 11 is 0. The van der Waals surface area contributed by atoms with Crippen LogP contribution in [-0.4, -0.2) is 40.8 Å². The molecule has 122 valence electrons. The van der Waals surface area contributed by atoms with Crippen molar-refractivity contribution in [1.29, 1.82) is 0 Å². The summed E-state index contributed by atoms with van der Waals surface area (Å²) in [5.74, 6) is -1.49. The third kappa shape index (κ3) is 17.1. The number of hydrogen-bond donors (Lipinski definition) is 5. The van der Waals surface area contributed by atoms with Gasteiger partial charge in [0.15, 0.2) is 0 Å². The van der Waals surface area contributed by atoms with Gasteiger partial charge >= 0.3 is 11.9 Å². The lowest BCUT2D eigenvalue weighted by molar-refractivity contribution is -0.139. The van der Waals surface area contributed by atoms with Crippen molar-refractivity contribution >= 4 is 24.3 Å². The van der Waals surface area contributed by atoms with Crippen LogP contribution in [0.1, 0.15) is 39.5 Å². The normalized spacial score (nSPS) is 12.7. The molecule has 8 heteroatoms. The van der Waals surface area contributed by atoms with Crippen LogP contribution >= 0.6 is 12.4 Å². The zero-order valence-corrected chi connectivity index (χ0v) is 12.9. The quantitative estimate of drug-likeness (QED) is 0.406. The average Bonchev–Trinajstić information content (AvgIpc) is 2.28. The Bertz CT molecular complexity index is 265. The fourth-order valence-corrected chi connectivity index (χ4v) is 1.24. The van der Waals surface area contributed by atoms with Crippen molar-refractivity contribution in [2.24, 2.45) is 23.1 Å². The molecule has 0 fully saturated rings. The fraction of sp³-hybridized carbons (Fsp3) is 0.833. The smallest absolute Gasteiger partial charge is 0.320 e. The monoisotopic (exact) mass is 313 g/mol. The molecule has 0 aliphatic rings. The maximum Gasteiger partial charge on any atom is 0.320 e. The van der Waals surface area contributed by atoms with Gasteiger partial charge in [0, 0.05) is 0 Å². The molecule has 0 aromatic rings. The minimum atomic E-state index is -0.933. The number of carboxylic acid groups (broad SMARTS) is 2. The maximum absolute atomic E-state index is 10.1. The molecule has 8 N–H and O–H groups in total. The molecule has 0 heterocycles. The van der Waals surface area contributed by atoms with Gasteiger partial charge < -0.3 is 27.4 Å². The van der Waals surface area contributed by atoms with E-state index in [1.807, 2.05) is 13.8 Å². The third-order valence-corrected chi connectivity index (χ3v) is 2.33. The van der Waals surface area contributed by atoms with Gasteiger partial charge in [-0.15, -0.1) is 12.4 Å². The van der Waals surface area contributed by atoms with Gasteiger partial charge in [-0.3, -0.25) is 9.59 Å². The highest BCUT2D eigenvalue weighted by atomic mass is 35.5. The van der Waals surface area contributed by atoms with E-state index >= 15 is 0 Å². The second-order valence-electron chi connectivity index (χ2n) is 4.80. The van der Waals surface area contributed by atoms with E-state index in [1.54, 1.807) is 0 Å². The predicted molar refractivity (Wildman–Crippen MR) is 80.8 cm³/mol. The van der Waals surface area contributed by atoms with Crippen molar-refractivity contribution in [2.75, 3.05) is 6.54 Å². The van der Waals surface area contributed by atoms with Crippen LogP contribution in [0.15, 0.2) is 0 Å². The highest BCUT2D eigenvalue weighted by Gasteiger charge is 2.12. The van der Waals surface area contributed by atoms with Gasteiger partial charge in [-0.05, 0) is 31.7 Å². The number of unbranched alkanes of at least 4 members (excludes halogenated alkanes) is 1. The Kier molecular flexibility index (Phi) is 17.5. The molecular weight excluding hydrogens is 286 g/mol. The lowest BCUT2D eigenvalue weighted by Crippen LogP contribution is -2.31. The van der Waals surface area contributed by atoms with Gasteiger partial charge in [0.1, 0.15) is 12.1 Å². The summed E-state index contributed by atoms with van der Waals surface area (Å²) < 4.78 is 0. The van der Waals surface area contributed by atoms with E-state index in [0.29, 0.717) is 25.3 Å². The molecule has 0 aromatic carbocycles. The van der Waals surface area contributed by atoms with Crippen LogP contribution in [-0.2, 0) is 9.59 Å². The lowest BCUT2D eigenvalue weighted by atomic mass is 10.1. The topological polar surface area (TPSA) is 153 Å². The van der Waals surface area contributed by atoms with Gasteiger partial charge in [0.05, 0.1) is 0 Å². The SMILES string of the molecule is CC(C)CC(N)C(=O)O.Cl.NCCCCC(N)C(=O)O. The highest BCUT2D eigenvalue weighted by molar-refractivity contribution is 5.85. The third-order valence-electron chi connectivity index (χ3n) is 2.33. The van der Waals surface area contributed by atoms with Crippen LogP contribution in [0.2, 0.25) is 0 Å². The molecule has 0 saturated carbocycles. The Labute approximate surface area is 126 Å². The highest BCUT2D eigenvalue weighted by Crippen LogP contribution is 2.01. The van der Waals surface area contributed by atoms with Crippen molar-refractivity contribution in [2.45, 2.75) is 51.6 Å². The van der Waals surface area contributed by atoms with Crippen molar-refractivity contribution in [3.63, 3.8) is 0 Å². The van der Waals surface area contributed by atoms with Crippen LogP contribution in [0, 0.1) is 5.92 Å². The van der Waals surface area contributed by atoms with Crippen molar-refractivity contribution in [3.05, 3.63) is 0 Å². The zero-order valence-electron chi connectivity index (χ0n) is 12.1. The summed E-state index contributed by atoms with van der Waals surface area (Å²) in [5.41, 5.74) is 15.6. The van der Waals surface area contributed by atoms with Crippen LogP contribution in [0.3, 0.4) is 0 Å². The summed E-state index contributed by atoms with van der Waals surface area (Å²) in [6.07, 6.45) is 2.72. The first-order valence-corrected chi connectivity index (χ1v) is 6.39. The standard InChI is InChI=1S/C6H14N2O2.C6H13NO2.ClH/c7-4-2-1-3-5(8)6(9)10;1-4(2)3-5(7)6(8)9;/h5H,1-4,7-8H2,(H,9,10);4-5H,3,7H2,1-2H3,(H,8,9);1H. The number of aliphatic carboxylic acids is 2. The average molecular weight is 314 g/mol. The molecule has 0 aliphatic carbocycles. The molecule has 0 spiro atoms. The number of rotatable bonds is 8. The van der Waals surface area contributed by atoms with E-state index in [0.717, 1.165) is 12.8 Å². The molecule has 0 amide bonds. The van der Waals surface area contributed by atoms with Crippen LogP contribution in [0.5, 0.6) is 0 Å². The number of hydrogen-bond acceptors (Lipinski definition) is 5. The maximum atomic E-state index is 10.1. The first kappa shape index (κ1) is 24.1.